The summed E-state index contributed by atoms with van der Waals surface area (Å²) in [5, 5.41) is 20.6. The van der Waals surface area contributed by atoms with Crippen molar-refractivity contribution in [3.63, 3.8) is 0 Å². The molecule has 5 atom stereocenters. The lowest BCUT2D eigenvalue weighted by Crippen LogP contribution is -2.30. The molecule has 4 N–H and O–H groups in total. The minimum Gasteiger partial charge on any atom is -0.463 e. The average Bonchev–Trinajstić information content (AvgIpc) is 3.61. The first-order chi connectivity index (χ1) is 44.2. The van der Waals surface area contributed by atoms with Crippen LogP contribution in [-0.2, 0) is 55.8 Å². The van der Waals surface area contributed by atoms with Crippen molar-refractivity contribution < 1.29 is 75.8 Å². The standard InChI is InChI=1S/C73H132O16P2/c1-4-7-10-13-16-19-22-24-25-26-27-28-29-30-31-32-33-34-35-36-37-38-39-40-41-43-46-47-50-53-56-59-71(76)83-62-68(74)63-85-90(79,80)86-64-69(75)65-87-91(81,82)88-67-70(89-73(78)61-58-55-52-49-44-21-18-15-12-9-6-3)66-84-72(77)60-57-54-51-48-45-42-23-20-17-14-11-8-5-2/h7,10,16,19,24-25,27-28,30-31,33-34,68-70,74-75H,4-6,8-9,11-15,17-18,20-23,26,29,32,35-67H2,1-3H3,(H,79,80)(H,81,82)/b10-7-,19-16-,25-24-,28-27-,31-30-,34-33-. The molecular formula is C73H132O16P2. The molecule has 18 heteroatoms. The smallest absolute Gasteiger partial charge is 0.463 e. The molecule has 0 radical (unpaired) electrons. The van der Waals surface area contributed by atoms with Crippen LogP contribution in [0.25, 0.3) is 0 Å². The number of allylic oxidation sites excluding steroid dienone is 12. The van der Waals surface area contributed by atoms with Crippen LogP contribution in [0.5, 0.6) is 0 Å². The van der Waals surface area contributed by atoms with Gasteiger partial charge in [-0.05, 0) is 70.6 Å². The average molecular weight is 1330 g/mol. The molecule has 0 spiro atoms. The van der Waals surface area contributed by atoms with Gasteiger partial charge in [-0.3, -0.25) is 32.5 Å². The summed E-state index contributed by atoms with van der Waals surface area (Å²) in [5.74, 6) is -1.56. The van der Waals surface area contributed by atoms with Gasteiger partial charge in [0.1, 0.15) is 25.4 Å². The maximum absolute atomic E-state index is 12.8. The quantitative estimate of drug-likeness (QED) is 0.0146. The van der Waals surface area contributed by atoms with Crippen LogP contribution in [0.2, 0.25) is 0 Å². The van der Waals surface area contributed by atoms with Gasteiger partial charge in [0.15, 0.2) is 6.10 Å². The van der Waals surface area contributed by atoms with Gasteiger partial charge in [-0.25, -0.2) is 9.13 Å². The first-order valence-electron chi connectivity index (χ1n) is 36.2. The van der Waals surface area contributed by atoms with Gasteiger partial charge in [0.05, 0.1) is 26.4 Å². The molecule has 0 aromatic carbocycles. The van der Waals surface area contributed by atoms with E-state index in [1.807, 2.05) is 0 Å². The van der Waals surface area contributed by atoms with Crippen LogP contribution in [-0.4, -0.2) is 95.9 Å². The van der Waals surface area contributed by atoms with Crippen molar-refractivity contribution in [3.8, 4) is 0 Å². The molecule has 0 aromatic heterocycles. The summed E-state index contributed by atoms with van der Waals surface area (Å²) in [6.45, 7) is 2.58. The van der Waals surface area contributed by atoms with Crippen molar-refractivity contribution in [2.45, 2.75) is 334 Å². The predicted octanol–water partition coefficient (Wildman–Crippen LogP) is 20.3. The van der Waals surface area contributed by atoms with Crippen LogP contribution >= 0.6 is 15.6 Å². The number of aliphatic hydroxyl groups is 2. The van der Waals surface area contributed by atoms with Crippen LogP contribution in [0.15, 0.2) is 72.9 Å². The Morgan fingerprint density at radius 3 is 0.923 bits per heavy atom. The highest BCUT2D eigenvalue weighted by Crippen LogP contribution is 2.45. The van der Waals surface area contributed by atoms with Crippen molar-refractivity contribution in [2.24, 2.45) is 0 Å². The zero-order valence-corrected chi connectivity index (χ0v) is 59.3. The highest BCUT2D eigenvalue weighted by atomic mass is 31.2. The second-order valence-corrected chi connectivity index (χ2v) is 27.3. The number of carbonyl (C=O) groups excluding carboxylic acids is 3. The van der Waals surface area contributed by atoms with E-state index in [1.165, 1.54) is 148 Å². The van der Waals surface area contributed by atoms with E-state index < -0.39 is 91.5 Å². The number of carbonyl (C=O) groups is 3. The van der Waals surface area contributed by atoms with Gasteiger partial charge in [-0.15, -0.1) is 0 Å². The van der Waals surface area contributed by atoms with Crippen LogP contribution < -0.4 is 0 Å². The van der Waals surface area contributed by atoms with Crippen LogP contribution in [0.3, 0.4) is 0 Å². The SMILES string of the molecule is CC/C=C\C/C=C\C/C=C\C/C=C\C/C=C\C/C=C\CCCCCCCCCCCCCCC(=O)OCC(O)COP(=O)(O)OCC(O)COP(=O)(O)OCC(COC(=O)CCCCCCCCCCCCCCC)OC(=O)CCCCCCCCCCCCC. The van der Waals surface area contributed by atoms with E-state index >= 15 is 0 Å². The summed E-state index contributed by atoms with van der Waals surface area (Å²) in [6, 6.07) is 0. The summed E-state index contributed by atoms with van der Waals surface area (Å²) in [5.41, 5.74) is 0. The van der Waals surface area contributed by atoms with Gasteiger partial charge < -0.3 is 34.2 Å². The zero-order valence-electron chi connectivity index (χ0n) is 57.5. The Kier molecular flexibility index (Phi) is 64.8. The molecule has 0 fully saturated rings. The highest BCUT2D eigenvalue weighted by molar-refractivity contribution is 7.47. The van der Waals surface area contributed by atoms with E-state index in [0.717, 1.165) is 109 Å². The second kappa shape index (κ2) is 67.0. The van der Waals surface area contributed by atoms with Gasteiger partial charge in [0.25, 0.3) is 0 Å². The molecule has 91 heavy (non-hydrogen) atoms. The van der Waals surface area contributed by atoms with E-state index in [0.29, 0.717) is 19.3 Å². The van der Waals surface area contributed by atoms with E-state index in [-0.39, 0.29) is 19.3 Å². The number of aliphatic hydroxyl groups excluding tert-OH is 2. The normalized spacial score (nSPS) is 14.6. The molecule has 0 aliphatic rings. The number of hydrogen-bond acceptors (Lipinski definition) is 14. The Hall–Kier alpha value is -3.01. The summed E-state index contributed by atoms with van der Waals surface area (Å²) < 4.78 is 60.8. The lowest BCUT2D eigenvalue weighted by Gasteiger charge is -2.21. The first-order valence-corrected chi connectivity index (χ1v) is 39.2. The number of unbranched alkanes of at least 4 members (excludes halogenated alkanes) is 34. The van der Waals surface area contributed by atoms with Crippen molar-refractivity contribution in [3.05, 3.63) is 72.9 Å². The maximum atomic E-state index is 12.8. The summed E-state index contributed by atoms with van der Waals surface area (Å²) in [7, 11) is -9.75. The fourth-order valence-corrected chi connectivity index (χ4v) is 11.5. The number of phosphoric ester groups is 2. The maximum Gasteiger partial charge on any atom is 0.472 e. The summed E-state index contributed by atoms with van der Waals surface area (Å²) in [6.07, 6.45) is 71.2. The van der Waals surface area contributed by atoms with Gasteiger partial charge in [0, 0.05) is 19.3 Å². The van der Waals surface area contributed by atoms with Gasteiger partial charge in [-0.1, -0.05) is 299 Å². The molecule has 0 heterocycles. The molecule has 0 aliphatic carbocycles. The highest BCUT2D eigenvalue weighted by Gasteiger charge is 2.29. The van der Waals surface area contributed by atoms with Gasteiger partial charge in [-0.2, -0.15) is 0 Å². The molecule has 530 valence electrons. The Morgan fingerprint density at radius 1 is 0.319 bits per heavy atom. The van der Waals surface area contributed by atoms with E-state index in [9.17, 15) is 43.5 Å². The molecule has 0 aromatic rings. The number of rotatable bonds is 69. The minimum atomic E-state index is -4.91. The molecular weight excluding hydrogens is 1190 g/mol. The molecule has 16 nitrogen and oxygen atoms in total. The first kappa shape index (κ1) is 88.0. The Morgan fingerprint density at radius 2 is 0.582 bits per heavy atom. The number of ether oxygens (including phenoxy) is 3. The van der Waals surface area contributed by atoms with E-state index in [1.54, 1.807) is 0 Å². The minimum absolute atomic E-state index is 0.112. The predicted molar refractivity (Wildman–Crippen MR) is 372 cm³/mol. The third-order valence-corrected chi connectivity index (χ3v) is 17.3. The van der Waals surface area contributed by atoms with Crippen molar-refractivity contribution >= 4 is 33.6 Å². The second-order valence-electron chi connectivity index (χ2n) is 24.4. The third kappa shape index (κ3) is 68.2. The monoisotopic (exact) mass is 1330 g/mol. The fourth-order valence-electron chi connectivity index (χ4n) is 9.93. The van der Waals surface area contributed by atoms with Crippen molar-refractivity contribution in [2.75, 3.05) is 39.6 Å². The lowest BCUT2D eigenvalue weighted by atomic mass is 10.0. The molecule has 0 aliphatic heterocycles. The molecule has 0 rings (SSSR count). The lowest BCUT2D eigenvalue weighted by molar-refractivity contribution is -0.161. The topological polar surface area (TPSA) is 231 Å². The summed E-state index contributed by atoms with van der Waals surface area (Å²) in [4.78, 5) is 58.3. The molecule has 0 saturated heterocycles. The van der Waals surface area contributed by atoms with Gasteiger partial charge in [0.2, 0.25) is 0 Å². The zero-order chi connectivity index (χ0) is 66.7. The van der Waals surface area contributed by atoms with Crippen molar-refractivity contribution in [1.29, 1.82) is 0 Å². The Bertz CT molecular complexity index is 1950. The third-order valence-electron chi connectivity index (χ3n) is 15.4. The van der Waals surface area contributed by atoms with Crippen LogP contribution in [0, 0.1) is 0 Å². The van der Waals surface area contributed by atoms with Gasteiger partial charge >= 0.3 is 33.6 Å². The Labute approximate surface area is 553 Å². The van der Waals surface area contributed by atoms with Crippen molar-refractivity contribution in [1.82, 2.24) is 0 Å². The summed E-state index contributed by atoms with van der Waals surface area (Å²) >= 11 is 0. The molecule has 0 saturated carbocycles. The molecule has 0 amide bonds. The van der Waals surface area contributed by atoms with E-state index in [2.05, 4.69) is 93.7 Å². The van der Waals surface area contributed by atoms with E-state index in [4.69, 9.17) is 32.3 Å². The molecule has 0 bridgehead atoms. The van der Waals surface area contributed by atoms with Crippen LogP contribution in [0.1, 0.15) is 316 Å². The number of hydrogen-bond donors (Lipinski definition) is 4. The van der Waals surface area contributed by atoms with Crippen LogP contribution in [0.4, 0.5) is 0 Å². The largest absolute Gasteiger partial charge is 0.472 e. The number of phosphoric acid groups is 2. The molecule has 5 unspecified atom stereocenters. The Balaban J connectivity index is 4.34. The number of esters is 3. The fraction of sp³-hybridized carbons (Fsp3) is 0.795.